The molecule has 1 saturated carbocycles. The molecule has 2 aromatic heterocycles. The molecule has 12 heteroatoms. The number of sulfone groups is 1. The zero-order valence-electron chi connectivity index (χ0n) is 25.5. The zero-order chi connectivity index (χ0) is 30.5. The lowest BCUT2D eigenvalue weighted by atomic mass is 9.89. The molecule has 0 amide bonds. The molecule has 11 nitrogen and oxygen atoms in total. The SMILES string of the molecule is CS(=O)(=O)CCCOc1cccc2c1ccn2-c1ccnc(NC2CCC(N3CCC(OC(=O)[C@@H]4CCCN4)CC3)CC2)n1. The first-order valence-corrected chi connectivity index (χ1v) is 18.1. The minimum atomic E-state index is -3.01. The number of fused-ring (bicyclic) bond motifs is 1. The van der Waals surface area contributed by atoms with Crippen LogP contribution in [0, 0.1) is 0 Å². The Kier molecular flexibility index (Phi) is 9.68. The molecule has 2 N–H and O–H groups in total. The Labute approximate surface area is 259 Å². The molecule has 1 aliphatic carbocycles. The minimum absolute atomic E-state index is 0.0482. The molecule has 3 aliphatic rings. The summed E-state index contributed by atoms with van der Waals surface area (Å²) in [5, 5.41) is 7.77. The van der Waals surface area contributed by atoms with Crippen LogP contribution in [0.3, 0.4) is 0 Å². The summed E-state index contributed by atoms with van der Waals surface area (Å²) in [5.41, 5.74) is 0.963. The summed E-state index contributed by atoms with van der Waals surface area (Å²) in [6, 6.07) is 10.5. The summed E-state index contributed by atoms with van der Waals surface area (Å²) in [4.78, 5) is 24.3. The van der Waals surface area contributed by atoms with Gasteiger partial charge in [0.15, 0.2) is 0 Å². The molecule has 0 radical (unpaired) electrons. The molecule has 1 aromatic carbocycles. The second-order valence-electron chi connectivity index (χ2n) is 12.4. The molecule has 6 rings (SSSR count). The molecular weight excluding hydrogens is 580 g/mol. The summed E-state index contributed by atoms with van der Waals surface area (Å²) in [5.74, 6) is 2.17. The maximum Gasteiger partial charge on any atom is 0.323 e. The van der Waals surface area contributed by atoms with Gasteiger partial charge in [0.05, 0.1) is 17.9 Å². The fraction of sp³-hybridized carbons (Fsp3) is 0.594. The highest BCUT2D eigenvalue weighted by molar-refractivity contribution is 7.90. The van der Waals surface area contributed by atoms with Crippen molar-refractivity contribution in [2.75, 3.05) is 43.6 Å². The molecule has 0 spiro atoms. The number of rotatable bonds is 11. The van der Waals surface area contributed by atoms with Gasteiger partial charge in [0, 0.05) is 49.2 Å². The van der Waals surface area contributed by atoms with Gasteiger partial charge >= 0.3 is 5.97 Å². The van der Waals surface area contributed by atoms with E-state index in [0.717, 1.165) is 93.5 Å². The van der Waals surface area contributed by atoms with Crippen LogP contribution in [0.25, 0.3) is 16.7 Å². The molecular formula is C32H44N6O5S. The van der Waals surface area contributed by atoms with E-state index in [1.54, 1.807) is 6.20 Å². The van der Waals surface area contributed by atoms with Crippen molar-refractivity contribution in [2.45, 2.75) is 82.0 Å². The van der Waals surface area contributed by atoms with E-state index in [1.807, 2.05) is 41.1 Å². The smallest absolute Gasteiger partial charge is 0.323 e. The predicted molar refractivity (Wildman–Crippen MR) is 170 cm³/mol. The number of likely N-dealkylation sites (tertiary alicyclic amines) is 1. The highest BCUT2D eigenvalue weighted by Gasteiger charge is 2.32. The molecule has 0 bridgehead atoms. The first-order chi connectivity index (χ1) is 21.3. The lowest BCUT2D eigenvalue weighted by Crippen LogP contribution is -2.47. The molecule has 0 unspecified atom stereocenters. The van der Waals surface area contributed by atoms with Crippen LogP contribution in [0.2, 0.25) is 0 Å². The number of esters is 1. The van der Waals surface area contributed by atoms with Crippen molar-refractivity contribution in [2.24, 2.45) is 0 Å². The number of anilines is 1. The van der Waals surface area contributed by atoms with E-state index in [2.05, 4.69) is 20.5 Å². The number of hydrogen-bond acceptors (Lipinski definition) is 10. The highest BCUT2D eigenvalue weighted by Crippen LogP contribution is 2.30. The topological polar surface area (TPSA) is 128 Å². The van der Waals surface area contributed by atoms with E-state index < -0.39 is 9.84 Å². The maximum atomic E-state index is 12.4. The third-order valence-electron chi connectivity index (χ3n) is 9.15. The fourth-order valence-corrected chi connectivity index (χ4v) is 7.42. The number of piperidine rings is 1. The summed E-state index contributed by atoms with van der Waals surface area (Å²) in [6.45, 7) is 3.23. The van der Waals surface area contributed by atoms with Crippen molar-refractivity contribution >= 4 is 32.7 Å². The number of aromatic nitrogens is 3. The van der Waals surface area contributed by atoms with Crippen LogP contribution >= 0.6 is 0 Å². The molecule has 2 aliphatic heterocycles. The quantitative estimate of drug-likeness (QED) is 0.241. The predicted octanol–water partition coefficient (Wildman–Crippen LogP) is 3.72. The molecule has 4 heterocycles. The molecule has 2 saturated heterocycles. The highest BCUT2D eigenvalue weighted by atomic mass is 32.2. The third kappa shape index (κ3) is 7.70. The molecule has 44 heavy (non-hydrogen) atoms. The first kappa shape index (κ1) is 30.8. The summed E-state index contributed by atoms with van der Waals surface area (Å²) < 4.78 is 36.6. The Balaban J connectivity index is 0.992. The van der Waals surface area contributed by atoms with Gasteiger partial charge in [-0.1, -0.05) is 6.07 Å². The van der Waals surface area contributed by atoms with E-state index in [4.69, 9.17) is 14.5 Å². The van der Waals surface area contributed by atoms with Gasteiger partial charge in [0.1, 0.15) is 33.6 Å². The van der Waals surface area contributed by atoms with Gasteiger partial charge in [-0.2, -0.15) is 4.98 Å². The van der Waals surface area contributed by atoms with Crippen molar-refractivity contribution < 1.29 is 22.7 Å². The fourth-order valence-electron chi connectivity index (χ4n) is 6.78. The molecule has 238 valence electrons. The molecule has 3 fully saturated rings. The molecule has 1 atom stereocenters. The van der Waals surface area contributed by atoms with E-state index in [-0.39, 0.29) is 23.9 Å². The third-order valence-corrected chi connectivity index (χ3v) is 10.2. The Morgan fingerprint density at radius 2 is 1.89 bits per heavy atom. The summed E-state index contributed by atoms with van der Waals surface area (Å²) in [7, 11) is -3.01. The van der Waals surface area contributed by atoms with Crippen molar-refractivity contribution in [3.8, 4) is 11.6 Å². The van der Waals surface area contributed by atoms with E-state index in [1.165, 1.54) is 6.26 Å². The van der Waals surface area contributed by atoms with Crippen LogP contribution in [0.1, 0.15) is 57.8 Å². The van der Waals surface area contributed by atoms with Gasteiger partial charge in [0.2, 0.25) is 5.95 Å². The van der Waals surface area contributed by atoms with Gasteiger partial charge < -0.3 is 29.6 Å². The Morgan fingerprint density at radius 3 is 2.64 bits per heavy atom. The second kappa shape index (κ2) is 13.8. The number of benzene rings is 1. The van der Waals surface area contributed by atoms with Crippen LogP contribution in [0.15, 0.2) is 42.7 Å². The van der Waals surface area contributed by atoms with Crippen LogP contribution in [0.5, 0.6) is 5.75 Å². The zero-order valence-corrected chi connectivity index (χ0v) is 26.3. The Morgan fingerprint density at radius 1 is 1.07 bits per heavy atom. The van der Waals surface area contributed by atoms with Gasteiger partial charge in [0.25, 0.3) is 0 Å². The summed E-state index contributed by atoms with van der Waals surface area (Å²) in [6.07, 6.45) is 13.7. The standard InChI is InChI=1S/C32H44N6O5S/c1-44(40,41)22-4-21-42-29-7-2-6-28-26(29)15-20-38(28)30-12-17-34-32(36-30)35-23-8-10-24(11-9-23)37-18-13-25(14-19-37)43-31(39)27-5-3-16-33-27/h2,6-7,12,15,17,20,23-25,27,33H,3-5,8-11,13-14,16,18-19,21-22H2,1H3,(H,34,35,36)/t23?,24?,27-/m0/s1. The Hall–Kier alpha value is -3.22. The van der Waals surface area contributed by atoms with Gasteiger partial charge in [-0.15, -0.1) is 0 Å². The monoisotopic (exact) mass is 624 g/mol. The van der Waals surface area contributed by atoms with E-state index in [9.17, 15) is 13.2 Å². The van der Waals surface area contributed by atoms with Crippen molar-refractivity contribution in [1.82, 2.24) is 24.8 Å². The summed E-state index contributed by atoms with van der Waals surface area (Å²) >= 11 is 0. The van der Waals surface area contributed by atoms with Crippen molar-refractivity contribution in [1.29, 1.82) is 0 Å². The average Bonchev–Trinajstić information content (AvgIpc) is 3.71. The number of nitrogens with one attached hydrogen (secondary N) is 2. The normalized spacial score (nSPS) is 23.5. The Bertz CT molecular complexity index is 1520. The minimum Gasteiger partial charge on any atom is -0.493 e. The van der Waals surface area contributed by atoms with E-state index in [0.29, 0.717) is 31.1 Å². The van der Waals surface area contributed by atoms with Crippen molar-refractivity contribution in [3.05, 3.63) is 42.7 Å². The first-order valence-electron chi connectivity index (χ1n) is 16.0. The number of carbonyl (C=O) groups is 1. The number of hydrogen-bond donors (Lipinski definition) is 2. The number of nitrogens with zero attached hydrogens (tertiary/aromatic N) is 4. The van der Waals surface area contributed by atoms with E-state index >= 15 is 0 Å². The van der Waals surface area contributed by atoms with Crippen LogP contribution in [-0.4, -0.2) is 96.3 Å². The lowest BCUT2D eigenvalue weighted by Gasteiger charge is -2.40. The maximum absolute atomic E-state index is 12.4. The van der Waals surface area contributed by atoms with Crippen LogP contribution in [-0.2, 0) is 19.4 Å². The number of carbonyl (C=O) groups excluding carboxylic acids is 1. The van der Waals surface area contributed by atoms with Gasteiger partial charge in [-0.3, -0.25) is 4.79 Å². The second-order valence-corrected chi connectivity index (χ2v) is 14.7. The van der Waals surface area contributed by atoms with Gasteiger partial charge in [-0.25, -0.2) is 13.4 Å². The average molecular weight is 625 g/mol. The van der Waals surface area contributed by atoms with Crippen LogP contribution < -0.4 is 15.4 Å². The molecule has 3 aromatic rings. The number of ether oxygens (including phenoxy) is 2. The van der Waals surface area contributed by atoms with Gasteiger partial charge in [-0.05, 0) is 88.6 Å². The van der Waals surface area contributed by atoms with Crippen molar-refractivity contribution in [3.63, 3.8) is 0 Å². The lowest BCUT2D eigenvalue weighted by molar-refractivity contribution is -0.153. The largest absolute Gasteiger partial charge is 0.493 e. The van der Waals surface area contributed by atoms with Crippen LogP contribution in [0.4, 0.5) is 5.95 Å².